The molecule has 1 saturated carbocycles. The molecule has 1 amide bonds. The van der Waals surface area contributed by atoms with Crippen molar-refractivity contribution in [1.82, 2.24) is 15.3 Å². The number of fused-ring (bicyclic) bond motifs is 4. The van der Waals surface area contributed by atoms with E-state index in [1.165, 1.54) is 0 Å². The van der Waals surface area contributed by atoms with Crippen LogP contribution in [-0.4, -0.2) is 65.0 Å². The first-order valence-electron chi connectivity index (χ1n) is 13.2. The highest BCUT2D eigenvalue weighted by atomic mass is 16.7. The molecule has 5 heterocycles. The number of nitriles is 1. The van der Waals surface area contributed by atoms with Gasteiger partial charge in [0.1, 0.15) is 6.07 Å². The molecule has 10 heteroatoms. The van der Waals surface area contributed by atoms with E-state index >= 15 is 0 Å². The molecule has 1 aliphatic carbocycles. The zero-order valence-corrected chi connectivity index (χ0v) is 21.0. The van der Waals surface area contributed by atoms with Crippen LogP contribution in [0.2, 0.25) is 0 Å². The Balaban J connectivity index is 1.21. The van der Waals surface area contributed by atoms with Crippen LogP contribution in [0, 0.1) is 11.3 Å². The van der Waals surface area contributed by atoms with Gasteiger partial charge in [-0.2, -0.15) is 5.26 Å². The maximum atomic E-state index is 11.2. The van der Waals surface area contributed by atoms with Crippen LogP contribution in [-0.2, 0) is 20.6 Å². The summed E-state index contributed by atoms with van der Waals surface area (Å²) in [6, 6.07) is 5.94. The molecule has 2 aromatic rings. The van der Waals surface area contributed by atoms with Crippen molar-refractivity contribution in [2.75, 3.05) is 26.4 Å². The summed E-state index contributed by atoms with van der Waals surface area (Å²) in [6.45, 7) is 2.18. The highest BCUT2D eigenvalue weighted by molar-refractivity contribution is 5.80. The van der Waals surface area contributed by atoms with Crippen LogP contribution in [0.5, 0.6) is 5.88 Å². The molecule has 10 nitrogen and oxygen atoms in total. The Morgan fingerprint density at radius 2 is 2.11 bits per heavy atom. The predicted molar refractivity (Wildman–Crippen MR) is 133 cm³/mol. The van der Waals surface area contributed by atoms with Gasteiger partial charge >= 0.3 is 6.09 Å². The molecular weight excluding hydrogens is 476 g/mol. The number of ether oxygens (including phenoxy) is 4. The van der Waals surface area contributed by atoms with Gasteiger partial charge in [0.2, 0.25) is 5.88 Å². The smallest absolute Gasteiger partial charge is 0.405 e. The lowest BCUT2D eigenvalue weighted by Crippen LogP contribution is -2.62. The summed E-state index contributed by atoms with van der Waals surface area (Å²) in [5.41, 5.74) is 1.96. The van der Waals surface area contributed by atoms with Crippen LogP contribution < -0.4 is 10.1 Å². The van der Waals surface area contributed by atoms with Crippen LogP contribution >= 0.6 is 0 Å². The lowest BCUT2D eigenvalue weighted by Gasteiger charge is -2.53. The van der Waals surface area contributed by atoms with Gasteiger partial charge in [-0.25, -0.2) is 9.78 Å². The van der Waals surface area contributed by atoms with E-state index in [9.17, 15) is 15.2 Å². The molecule has 3 saturated heterocycles. The number of aromatic nitrogens is 2. The monoisotopic (exact) mass is 510 g/mol. The molecule has 198 valence electrons. The van der Waals surface area contributed by atoms with Crippen molar-refractivity contribution < 1.29 is 28.8 Å². The first kappa shape index (κ1) is 25.6. The normalized spacial score (nSPS) is 27.1. The summed E-state index contributed by atoms with van der Waals surface area (Å²) >= 11 is 0. The zero-order chi connectivity index (χ0) is 25.7. The Morgan fingerprint density at radius 3 is 2.81 bits per heavy atom. The fourth-order valence-corrected chi connectivity index (χ4v) is 5.65. The molecule has 37 heavy (non-hydrogen) atoms. The van der Waals surface area contributed by atoms with Gasteiger partial charge in [0, 0.05) is 25.3 Å². The number of pyridine rings is 2. The third kappa shape index (κ3) is 5.95. The average Bonchev–Trinajstić information content (AvgIpc) is 2.92. The van der Waals surface area contributed by atoms with Crippen LogP contribution in [0.4, 0.5) is 4.79 Å². The van der Waals surface area contributed by atoms with Crippen molar-refractivity contribution in [3.63, 3.8) is 0 Å². The Morgan fingerprint density at radius 1 is 1.24 bits per heavy atom. The number of nitrogens with one attached hydrogen (secondary N) is 1. The second kappa shape index (κ2) is 11.2. The summed E-state index contributed by atoms with van der Waals surface area (Å²) in [6.07, 6.45) is 8.83. The van der Waals surface area contributed by atoms with Gasteiger partial charge < -0.3 is 29.4 Å². The Bertz CT molecular complexity index is 1130. The first-order chi connectivity index (χ1) is 18.0. The maximum absolute atomic E-state index is 11.2. The van der Waals surface area contributed by atoms with E-state index in [4.69, 9.17) is 23.9 Å². The van der Waals surface area contributed by atoms with Crippen LogP contribution in [0.1, 0.15) is 68.9 Å². The van der Waals surface area contributed by atoms with Gasteiger partial charge in [0.05, 0.1) is 47.6 Å². The minimum Gasteiger partial charge on any atom is -0.478 e. The van der Waals surface area contributed by atoms with E-state index < -0.39 is 11.6 Å². The van der Waals surface area contributed by atoms with Gasteiger partial charge in [-0.1, -0.05) is 0 Å². The minimum absolute atomic E-state index is 0.104. The van der Waals surface area contributed by atoms with Gasteiger partial charge in [-0.15, -0.1) is 0 Å². The van der Waals surface area contributed by atoms with Crippen molar-refractivity contribution in [3.05, 3.63) is 29.5 Å². The number of carboxylic acid groups (broad SMARTS) is 1. The molecule has 1 unspecified atom stereocenters. The molecule has 0 spiro atoms. The van der Waals surface area contributed by atoms with Crippen LogP contribution in [0.15, 0.2) is 18.3 Å². The van der Waals surface area contributed by atoms with E-state index in [-0.39, 0.29) is 11.9 Å². The van der Waals surface area contributed by atoms with Crippen molar-refractivity contribution in [2.45, 2.75) is 81.6 Å². The average molecular weight is 511 g/mol. The fraction of sp³-hybridized carbons (Fsp3) is 0.630. The number of amides is 1. The molecule has 0 aromatic carbocycles. The van der Waals surface area contributed by atoms with Crippen molar-refractivity contribution in [3.8, 4) is 11.9 Å². The summed E-state index contributed by atoms with van der Waals surface area (Å²) in [5.74, 6) is 0.494. The second-order valence-corrected chi connectivity index (χ2v) is 10.3. The van der Waals surface area contributed by atoms with Crippen molar-refractivity contribution >= 4 is 17.1 Å². The molecule has 3 aliphatic heterocycles. The molecule has 2 bridgehead atoms. The minimum atomic E-state index is -1.00. The quantitative estimate of drug-likeness (QED) is 0.453. The van der Waals surface area contributed by atoms with E-state index in [2.05, 4.69) is 16.4 Å². The second-order valence-electron chi connectivity index (χ2n) is 10.3. The number of nitrogens with zero attached hydrogens (tertiary/aromatic N) is 3. The fourth-order valence-electron chi connectivity index (χ4n) is 5.65. The Hall–Kier alpha value is -3.00. The van der Waals surface area contributed by atoms with Gasteiger partial charge in [-0.3, -0.25) is 4.98 Å². The number of hydrogen-bond donors (Lipinski definition) is 2. The molecule has 4 aliphatic rings. The molecule has 0 radical (unpaired) electrons. The van der Waals surface area contributed by atoms with Crippen molar-refractivity contribution in [1.29, 1.82) is 5.26 Å². The predicted octanol–water partition coefficient (Wildman–Crippen LogP) is 4.10. The largest absolute Gasteiger partial charge is 0.478 e. The van der Waals surface area contributed by atoms with Gasteiger partial charge in [0.25, 0.3) is 0 Å². The van der Waals surface area contributed by atoms with E-state index in [1.54, 1.807) is 12.3 Å². The Kier molecular flexibility index (Phi) is 7.74. The van der Waals surface area contributed by atoms with Gasteiger partial charge in [-0.05, 0) is 69.4 Å². The maximum Gasteiger partial charge on any atom is 0.405 e. The van der Waals surface area contributed by atoms with E-state index in [0.717, 1.165) is 75.5 Å². The Labute approximate surface area is 216 Å². The highest BCUT2D eigenvalue weighted by Gasteiger charge is 2.50. The van der Waals surface area contributed by atoms with E-state index in [0.29, 0.717) is 43.2 Å². The van der Waals surface area contributed by atoms with E-state index in [1.807, 2.05) is 6.07 Å². The standard InChI is InChI=1S/C27H34N4O6/c28-16-19-17-29-21-5-6-22(34-14-3-15-36-23-4-1-2-13-35-23)30-24(21)20(19)7-8-27-11-9-26(10-12-27,18-37-27)31-25(32)33/h5-6,17,23,31H,1-4,7-15,18H2,(H,32,33). The van der Waals surface area contributed by atoms with Gasteiger partial charge in [0.15, 0.2) is 6.29 Å². The molecule has 4 fully saturated rings. The number of carbonyl (C=O) groups is 1. The third-order valence-electron chi connectivity index (χ3n) is 7.87. The van der Waals surface area contributed by atoms with Crippen LogP contribution in [0.3, 0.4) is 0 Å². The van der Waals surface area contributed by atoms with Crippen LogP contribution in [0.25, 0.3) is 11.0 Å². The summed E-state index contributed by atoms with van der Waals surface area (Å²) in [5, 5.41) is 21.6. The molecule has 6 rings (SSSR count). The number of aryl methyl sites for hydroxylation is 1. The molecule has 2 N–H and O–H groups in total. The topological polar surface area (TPSA) is 136 Å². The zero-order valence-electron chi connectivity index (χ0n) is 21.0. The molecular formula is C27H34N4O6. The lowest BCUT2D eigenvalue weighted by molar-refractivity contribution is -0.163. The molecule has 1 atom stereocenters. The first-order valence-corrected chi connectivity index (χ1v) is 13.2. The molecule has 2 aromatic heterocycles. The lowest BCUT2D eigenvalue weighted by atomic mass is 9.69. The summed E-state index contributed by atoms with van der Waals surface area (Å²) in [4.78, 5) is 20.3. The summed E-state index contributed by atoms with van der Waals surface area (Å²) < 4.78 is 23.5. The summed E-state index contributed by atoms with van der Waals surface area (Å²) in [7, 11) is 0. The number of hydrogen-bond acceptors (Lipinski definition) is 8. The number of rotatable bonds is 10. The highest BCUT2D eigenvalue weighted by Crippen LogP contribution is 2.46. The SMILES string of the molecule is N#Cc1cnc2ccc(OCCCOC3CCCCO3)nc2c1CCC12CCC(NC(=O)O)(CC1)CO2. The van der Waals surface area contributed by atoms with Crippen molar-refractivity contribution in [2.24, 2.45) is 0 Å². The third-order valence-corrected chi connectivity index (χ3v) is 7.87.